The molecule has 3 nitrogen and oxygen atoms in total. The van der Waals surface area contributed by atoms with Crippen LogP contribution in [0.3, 0.4) is 0 Å². The fourth-order valence-electron chi connectivity index (χ4n) is 1.71. The SMILES string of the molecule is CCc1[c-]ccc(CC)c1CC.OB(O)O.[Li+]. The van der Waals surface area contributed by atoms with E-state index in [-0.39, 0.29) is 18.9 Å². The van der Waals surface area contributed by atoms with Crippen LogP contribution in [0.25, 0.3) is 0 Å². The van der Waals surface area contributed by atoms with Gasteiger partial charge in [-0.3, -0.25) is 0 Å². The van der Waals surface area contributed by atoms with Crippen LogP contribution in [0, 0.1) is 6.07 Å². The fraction of sp³-hybridized carbons (Fsp3) is 0.500. The van der Waals surface area contributed by atoms with Crippen molar-refractivity contribution in [3.8, 4) is 0 Å². The van der Waals surface area contributed by atoms with Crippen molar-refractivity contribution in [1.29, 1.82) is 0 Å². The van der Waals surface area contributed by atoms with E-state index in [1.54, 1.807) is 0 Å². The van der Waals surface area contributed by atoms with E-state index in [9.17, 15) is 0 Å². The maximum Gasteiger partial charge on any atom is 1.00 e. The van der Waals surface area contributed by atoms with E-state index in [1.807, 2.05) is 0 Å². The minimum Gasteiger partial charge on any atom is -0.402 e. The van der Waals surface area contributed by atoms with Gasteiger partial charge in [0.15, 0.2) is 0 Å². The Labute approximate surface area is 116 Å². The van der Waals surface area contributed by atoms with Crippen LogP contribution in [0.2, 0.25) is 0 Å². The standard InChI is InChI=1S/C12H17.BH3O3.Li/c1-4-10-8-7-9-11(5-2)12(10)6-3;2-1(3)4;/h7-8H,4-6H2,1-3H3;2-4H;/q-1;;+1. The summed E-state index contributed by atoms with van der Waals surface area (Å²) in [6.45, 7) is 6.64. The van der Waals surface area contributed by atoms with Gasteiger partial charge in [0.05, 0.1) is 0 Å². The van der Waals surface area contributed by atoms with Crippen molar-refractivity contribution in [2.24, 2.45) is 0 Å². The average Bonchev–Trinajstić information content (AvgIpc) is 2.26. The first-order valence-corrected chi connectivity index (χ1v) is 5.62. The zero-order valence-corrected chi connectivity index (χ0v) is 11.2. The largest absolute Gasteiger partial charge is 1.00 e. The Balaban J connectivity index is 0. The van der Waals surface area contributed by atoms with Gasteiger partial charge in [-0.05, 0) is 0 Å². The van der Waals surface area contributed by atoms with Gasteiger partial charge in [0, 0.05) is 0 Å². The third-order valence-electron chi connectivity index (χ3n) is 2.38. The molecule has 0 atom stereocenters. The van der Waals surface area contributed by atoms with E-state index >= 15 is 0 Å². The second-order valence-corrected chi connectivity index (χ2v) is 3.37. The van der Waals surface area contributed by atoms with Crippen LogP contribution in [-0.4, -0.2) is 22.4 Å². The molecule has 5 heteroatoms. The van der Waals surface area contributed by atoms with Crippen LogP contribution in [0.5, 0.6) is 0 Å². The average molecular weight is 230 g/mol. The Bertz CT molecular complexity index is 281. The van der Waals surface area contributed by atoms with Gasteiger partial charge in [0.1, 0.15) is 0 Å². The predicted octanol–water partition coefficient (Wildman–Crippen LogP) is -1.87. The zero-order chi connectivity index (χ0) is 12.6. The fourth-order valence-corrected chi connectivity index (χ4v) is 1.71. The smallest absolute Gasteiger partial charge is 0.402 e. The summed E-state index contributed by atoms with van der Waals surface area (Å²) in [6.07, 6.45) is 3.39. The van der Waals surface area contributed by atoms with Gasteiger partial charge in [-0.2, -0.15) is 29.3 Å². The number of hydrogen-bond acceptors (Lipinski definition) is 3. The van der Waals surface area contributed by atoms with E-state index in [1.165, 1.54) is 16.7 Å². The molecule has 1 aromatic carbocycles. The summed E-state index contributed by atoms with van der Waals surface area (Å²) < 4.78 is 0. The normalized spacial score (nSPS) is 8.82. The van der Waals surface area contributed by atoms with Gasteiger partial charge >= 0.3 is 26.2 Å². The Hall–Kier alpha value is -0.238. The topological polar surface area (TPSA) is 60.7 Å². The molecule has 1 aromatic rings. The van der Waals surface area contributed by atoms with E-state index in [0.717, 1.165) is 19.3 Å². The summed E-state index contributed by atoms with van der Waals surface area (Å²) in [7, 11) is -2.17. The van der Waals surface area contributed by atoms with Gasteiger partial charge < -0.3 is 15.1 Å². The molecular weight excluding hydrogens is 210 g/mol. The predicted molar refractivity (Wildman–Crippen MR) is 65.8 cm³/mol. The van der Waals surface area contributed by atoms with Crippen LogP contribution in [0.1, 0.15) is 37.5 Å². The van der Waals surface area contributed by atoms with Crippen molar-refractivity contribution < 1.29 is 33.9 Å². The van der Waals surface area contributed by atoms with Crippen LogP contribution in [0.15, 0.2) is 12.1 Å². The van der Waals surface area contributed by atoms with Gasteiger partial charge in [-0.25, -0.2) is 0 Å². The molecule has 0 aliphatic carbocycles. The van der Waals surface area contributed by atoms with Crippen molar-refractivity contribution in [2.75, 3.05) is 0 Å². The maximum absolute atomic E-state index is 7.17. The number of hydrogen-bond donors (Lipinski definition) is 3. The first-order valence-electron chi connectivity index (χ1n) is 5.62. The summed E-state index contributed by atoms with van der Waals surface area (Å²) >= 11 is 0. The van der Waals surface area contributed by atoms with Crippen molar-refractivity contribution >= 4 is 7.32 Å². The third kappa shape index (κ3) is 7.64. The summed E-state index contributed by atoms with van der Waals surface area (Å²) in [5.74, 6) is 0. The molecule has 1 rings (SSSR count). The second-order valence-electron chi connectivity index (χ2n) is 3.37. The molecule has 0 spiro atoms. The Morgan fingerprint density at radius 3 is 1.94 bits per heavy atom. The molecule has 0 radical (unpaired) electrons. The molecule has 17 heavy (non-hydrogen) atoms. The molecule has 0 aliphatic rings. The number of rotatable bonds is 3. The van der Waals surface area contributed by atoms with Gasteiger partial charge in [0.2, 0.25) is 0 Å². The molecule has 0 bridgehead atoms. The summed E-state index contributed by atoms with van der Waals surface area (Å²) in [5, 5.41) is 21.5. The van der Waals surface area contributed by atoms with Crippen LogP contribution < -0.4 is 18.9 Å². The molecule has 0 saturated carbocycles. The first-order chi connectivity index (χ1) is 7.56. The Kier molecular flexibility index (Phi) is 12.2. The van der Waals surface area contributed by atoms with Gasteiger partial charge in [-0.15, -0.1) is 5.56 Å². The summed E-state index contributed by atoms with van der Waals surface area (Å²) in [5.41, 5.74) is 4.41. The van der Waals surface area contributed by atoms with Crippen LogP contribution in [0.4, 0.5) is 0 Å². The zero-order valence-electron chi connectivity index (χ0n) is 11.2. The monoisotopic (exact) mass is 230 g/mol. The molecule has 0 amide bonds. The Morgan fingerprint density at radius 2 is 1.59 bits per heavy atom. The van der Waals surface area contributed by atoms with Crippen molar-refractivity contribution in [1.82, 2.24) is 0 Å². The molecule has 0 unspecified atom stereocenters. The minimum absolute atomic E-state index is 0. The van der Waals surface area contributed by atoms with Crippen molar-refractivity contribution in [3.63, 3.8) is 0 Å². The molecule has 0 aromatic heterocycles. The number of aryl methyl sites for hydroxylation is 2. The molecule has 0 fully saturated rings. The van der Waals surface area contributed by atoms with Gasteiger partial charge in [0.25, 0.3) is 0 Å². The summed E-state index contributed by atoms with van der Waals surface area (Å²) in [6, 6.07) is 7.56. The van der Waals surface area contributed by atoms with E-state index in [2.05, 4.69) is 39.0 Å². The van der Waals surface area contributed by atoms with E-state index in [0.29, 0.717) is 0 Å². The van der Waals surface area contributed by atoms with Crippen molar-refractivity contribution in [3.05, 3.63) is 34.9 Å². The minimum atomic E-state index is -2.17. The molecule has 0 aliphatic heterocycles. The quantitative estimate of drug-likeness (QED) is 0.421. The second kappa shape index (κ2) is 10.9. The molecular formula is C12H20BLiO3. The molecule has 90 valence electrons. The van der Waals surface area contributed by atoms with Crippen LogP contribution in [-0.2, 0) is 19.3 Å². The number of benzene rings is 1. The molecule has 3 N–H and O–H groups in total. The van der Waals surface area contributed by atoms with E-state index < -0.39 is 7.32 Å². The van der Waals surface area contributed by atoms with Crippen molar-refractivity contribution in [2.45, 2.75) is 40.0 Å². The summed E-state index contributed by atoms with van der Waals surface area (Å²) in [4.78, 5) is 0. The van der Waals surface area contributed by atoms with E-state index in [4.69, 9.17) is 15.1 Å². The first kappa shape index (κ1) is 19.1. The molecule has 0 saturated heterocycles. The van der Waals surface area contributed by atoms with Gasteiger partial charge in [-0.1, -0.05) is 40.0 Å². The third-order valence-corrected chi connectivity index (χ3v) is 2.38. The Morgan fingerprint density at radius 1 is 1.06 bits per heavy atom. The molecule has 0 heterocycles. The van der Waals surface area contributed by atoms with Crippen LogP contribution >= 0.6 is 0 Å². The maximum atomic E-state index is 7.17.